The second-order valence-corrected chi connectivity index (χ2v) is 3.80. The molecule has 4 heteroatoms. The number of aryl methyl sites for hydroxylation is 1. The smallest absolute Gasteiger partial charge is 0.163 e. The number of nitriles is 1. The monoisotopic (exact) mass is 223 g/mol. The minimum Gasteiger partial charge on any atom is -0.464 e. The van der Waals surface area contributed by atoms with E-state index in [9.17, 15) is 0 Å². The van der Waals surface area contributed by atoms with Crippen LogP contribution in [0.3, 0.4) is 0 Å². The Hall–Kier alpha value is -2.54. The number of aromatic nitrogens is 2. The number of hydrogen-bond acceptors (Lipinski definition) is 3. The second-order valence-electron chi connectivity index (χ2n) is 3.80. The highest BCUT2D eigenvalue weighted by Crippen LogP contribution is 2.30. The maximum Gasteiger partial charge on any atom is 0.163 e. The van der Waals surface area contributed by atoms with Gasteiger partial charge in [-0.15, -0.1) is 0 Å². The average Bonchev–Trinajstić information content (AvgIpc) is 2.92. The third-order valence-electron chi connectivity index (χ3n) is 2.75. The van der Waals surface area contributed by atoms with Gasteiger partial charge >= 0.3 is 0 Å². The van der Waals surface area contributed by atoms with E-state index >= 15 is 0 Å². The standard InChI is InChI=1S/C13H9N3O/c1-16-12(6-9(7-14)15-16)11-8-17-13-5-3-2-4-10(11)13/h2-6,8H,1H3. The summed E-state index contributed by atoms with van der Waals surface area (Å²) in [4.78, 5) is 0. The van der Waals surface area contributed by atoms with Crippen LogP contribution in [0.25, 0.3) is 22.2 Å². The summed E-state index contributed by atoms with van der Waals surface area (Å²) in [6.45, 7) is 0. The van der Waals surface area contributed by atoms with E-state index in [2.05, 4.69) is 5.10 Å². The first kappa shape index (κ1) is 9.67. The van der Waals surface area contributed by atoms with E-state index in [0.717, 1.165) is 22.2 Å². The summed E-state index contributed by atoms with van der Waals surface area (Å²) in [5.74, 6) is 0. The highest BCUT2D eigenvalue weighted by atomic mass is 16.3. The van der Waals surface area contributed by atoms with Gasteiger partial charge in [-0.2, -0.15) is 10.4 Å². The maximum absolute atomic E-state index is 8.84. The first-order valence-electron chi connectivity index (χ1n) is 5.20. The van der Waals surface area contributed by atoms with Crippen LogP contribution >= 0.6 is 0 Å². The van der Waals surface area contributed by atoms with Gasteiger partial charge in [0.05, 0.1) is 5.69 Å². The summed E-state index contributed by atoms with van der Waals surface area (Å²) in [7, 11) is 1.82. The molecule has 0 bridgehead atoms. The topological polar surface area (TPSA) is 54.8 Å². The Morgan fingerprint density at radius 3 is 2.94 bits per heavy atom. The fourth-order valence-electron chi connectivity index (χ4n) is 1.95. The highest BCUT2D eigenvalue weighted by molar-refractivity contribution is 5.93. The third-order valence-corrected chi connectivity index (χ3v) is 2.75. The molecule has 0 radical (unpaired) electrons. The summed E-state index contributed by atoms with van der Waals surface area (Å²) < 4.78 is 7.17. The quantitative estimate of drug-likeness (QED) is 0.637. The molecule has 0 aliphatic carbocycles. The van der Waals surface area contributed by atoms with Gasteiger partial charge in [-0.3, -0.25) is 4.68 Å². The van der Waals surface area contributed by atoms with Gasteiger partial charge in [-0.1, -0.05) is 18.2 Å². The van der Waals surface area contributed by atoms with Gasteiger partial charge in [-0.05, 0) is 6.07 Å². The summed E-state index contributed by atoms with van der Waals surface area (Å²) in [5, 5.41) is 14.0. The number of nitrogens with zero attached hydrogens (tertiary/aromatic N) is 3. The van der Waals surface area contributed by atoms with Crippen molar-refractivity contribution in [1.29, 1.82) is 5.26 Å². The Balaban J connectivity index is 2.27. The Morgan fingerprint density at radius 2 is 2.18 bits per heavy atom. The fourth-order valence-corrected chi connectivity index (χ4v) is 1.95. The molecular formula is C13H9N3O. The molecule has 0 atom stereocenters. The van der Waals surface area contributed by atoms with E-state index in [1.165, 1.54) is 0 Å². The van der Waals surface area contributed by atoms with E-state index in [-0.39, 0.29) is 0 Å². The van der Waals surface area contributed by atoms with Crippen LogP contribution in [-0.2, 0) is 7.05 Å². The van der Waals surface area contributed by atoms with Gasteiger partial charge in [0.1, 0.15) is 17.9 Å². The maximum atomic E-state index is 8.84. The number of furan rings is 1. The van der Waals surface area contributed by atoms with Crippen molar-refractivity contribution in [1.82, 2.24) is 9.78 Å². The Bertz CT molecular complexity index is 731. The third kappa shape index (κ3) is 1.41. The molecular weight excluding hydrogens is 214 g/mol. The Labute approximate surface area is 97.7 Å². The van der Waals surface area contributed by atoms with Crippen LogP contribution in [0, 0.1) is 11.3 Å². The van der Waals surface area contributed by atoms with Crippen molar-refractivity contribution in [3.8, 4) is 17.3 Å². The van der Waals surface area contributed by atoms with Crippen LogP contribution in [0.15, 0.2) is 41.0 Å². The number of hydrogen-bond donors (Lipinski definition) is 0. The molecule has 0 amide bonds. The lowest BCUT2D eigenvalue weighted by atomic mass is 10.1. The van der Waals surface area contributed by atoms with Gasteiger partial charge in [0.2, 0.25) is 0 Å². The van der Waals surface area contributed by atoms with E-state index in [4.69, 9.17) is 9.68 Å². The molecule has 3 rings (SSSR count). The van der Waals surface area contributed by atoms with Crippen LogP contribution in [0.5, 0.6) is 0 Å². The molecule has 0 spiro atoms. The molecule has 82 valence electrons. The summed E-state index contributed by atoms with van der Waals surface area (Å²) in [5.41, 5.74) is 3.08. The first-order valence-corrected chi connectivity index (χ1v) is 5.20. The molecule has 0 saturated heterocycles. The number of rotatable bonds is 1. The van der Waals surface area contributed by atoms with Crippen molar-refractivity contribution in [2.45, 2.75) is 0 Å². The largest absolute Gasteiger partial charge is 0.464 e. The lowest BCUT2D eigenvalue weighted by Gasteiger charge is -1.97. The molecule has 0 N–H and O–H groups in total. The number of fused-ring (bicyclic) bond motifs is 1. The molecule has 0 aliphatic rings. The Kier molecular flexibility index (Phi) is 1.99. The van der Waals surface area contributed by atoms with Crippen LogP contribution < -0.4 is 0 Å². The summed E-state index contributed by atoms with van der Waals surface area (Å²) in [6, 6.07) is 11.6. The molecule has 0 unspecified atom stereocenters. The van der Waals surface area contributed by atoms with Crippen LogP contribution in [0.1, 0.15) is 5.69 Å². The molecule has 2 aromatic heterocycles. The predicted molar refractivity (Wildman–Crippen MR) is 63.1 cm³/mol. The zero-order valence-electron chi connectivity index (χ0n) is 9.21. The molecule has 2 heterocycles. The predicted octanol–water partition coefficient (Wildman–Crippen LogP) is 2.70. The molecule has 0 aliphatic heterocycles. The van der Waals surface area contributed by atoms with Crippen LogP contribution in [-0.4, -0.2) is 9.78 Å². The SMILES string of the molecule is Cn1nc(C#N)cc1-c1coc2ccccc12. The van der Waals surface area contributed by atoms with Crippen molar-refractivity contribution >= 4 is 11.0 Å². The number of benzene rings is 1. The molecule has 3 aromatic rings. The van der Waals surface area contributed by atoms with Crippen molar-refractivity contribution in [2.75, 3.05) is 0 Å². The lowest BCUT2D eigenvalue weighted by Crippen LogP contribution is -1.93. The molecule has 4 nitrogen and oxygen atoms in total. The van der Waals surface area contributed by atoms with Crippen LogP contribution in [0.4, 0.5) is 0 Å². The molecule has 17 heavy (non-hydrogen) atoms. The zero-order valence-corrected chi connectivity index (χ0v) is 9.21. The fraction of sp³-hybridized carbons (Fsp3) is 0.0769. The highest BCUT2D eigenvalue weighted by Gasteiger charge is 2.12. The average molecular weight is 223 g/mol. The van der Waals surface area contributed by atoms with Crippen molar-refractivity contribution in [3.63, 3.8) is 0 Å². The van der Waals surface area contributed by atoms with Crippen molar-refractivity contribution in [2.24, 2.45) is 7.05 Å². The van der Waals surface area contributed by atoms with Gasteiger partial charge in [0, 0.05) is 24.1 Å². The summed E-state index contributed by atoms with van der Waals surface area (Å²) >= 11 is 0. The van der Waals surface area contributed by atoms with E-state index in [1.54, 1.807) is 17.0 Å². The van der Waals surface area contributed by atoms with Crippen LogP contribution in [0.2, 0.25) is 0 Å². The Morgan fingerprint density at radius 1 is 1.35 bits per heavy atom. The minimum atomic E-state index is 0.410. The molecule has 0 fully saturated rings. The molecule has 1 aromatic carbocycles. The number of para-hydroxylation sites is 1. The van der Waals surface area contributed by atoms with Gasteiger partial charge in [-0.25, -0.2) is 0 Å². The first-order chi connectivity index (χ1) is 8.29. The van der Waals surface area contributed by atoms with Gasteiger partial charge < -0.3 is 4.42 Å². The summed E-state index contributed by atoms with van der Waals surface area (Å²) in [6.07, 6.45) is 1.70. The normalized spacial score (nSPS) is 10.6. The van der Waals surface area contributed by atoms with Gasteiger partial charge in [0.25, 0.3) is 0 Å². The van der Waals surface area contributed by atoms with Gasteiger partial charge in [0.15, 0.2) is 5.69 Å². The van der Waals surface area contributed by atoms with Crippen molar-refractivity contribution < 1.29 is 4.42 Å². The van der Waals surface area contributed by atoms with E-state index in [1.807, 2.05) is 37.4 Å². The second kappa shape index (κ2) is 3.49. The lowest BCUT2D eigenvalue weighted by molar-refractivity contribution is 0.616. The zero-order chi connectivity index (χ0) is 11.8. The molecule has 0 saturated carbocycles. The minimum absolute atomic E-state index is 0.410. The van der Waals surface area contributed by atoms with E-state index < -0.39 is 0 Å². The van der Waals surface area contributed by atoms with E-state index in [0.29, 0.717) is 5.69 Å². The van der Waals surface area contributed by atoms with Crippen molar-refractivity contribution in [3.05, 3.63) is 42.3 Å².